The van der Waals surface area contributed by atoms with Gasteiger partial charge in [0.05, 0.1) is 6.42 Å². The Morgan fingerprint density at radius 1 is 1.35 bits per heavy atom. The second-order valence-electron chi connectivity index (χ2n) is 5.47. The van der Waals surface area contributed by atoms with E-state index in [2.05, 4.69) is 21.7 Å². The van der Waals surface area contributed by atoms with Gasteiger partial charge in [-0.3, -0.25) is 4.79 Å². The van der Waals surface area contributed by atoms with Crippen LogP contribution < -0.4 is 10.6 Å². The first-order chi connectivity index (χ1) is 9.83. The Hall–Kier alpha value is -1.81. The summed E-state index contributed by atoms with van der Waals surface area (Å²) in [6.45, 7) is 1.88. The summed E-state index contributed by atoms with van der Waals surface area (Å²) in [7, 11) is 0. The molecule has 1 amide bonds. The lowest BCUT2D eigenvalue weighted by molar-refractivity contribution is -0.120. The molecule has 2 heterocycles. The Bertz CT molecular complexity index is 584. The molecule has 1 fully saturated rings. The van der Waals surface area contributed by atoms with E-state index in [0.717, 1.165) is 36.0 Å². The molecular formula is C16H21N3O. The summed E-state index contributed by atoms with van der Waals surface area (Å²) in [5.41, 5.74) is 2.16. The number of aromatic amines is 1. The van der Waals surface area contributed by atoms with E-state index < -0.39 is 0 Å². The number of nitrogens with one attached hydrogen (secondary N) is 3. The summed E-state index contributed by atoms with van der Waals surface area (Å²) in [6, 6.07) is 8.67. The lowest BCUT2D eigenvalue weighted by Gasteiger charge is -2.10. The van der Waals surface area contributed by atoms with E-state index in [9.17, 15) is 4.79 Å². The van der Waals surface area contributed by atoms with Gasteiger partial charge in [-0.2, -0.15) is 0 Å². The molecule has 0 spiro atoms. The van der Waals surface area contributed by atoms with Crippen molar-refractivity contribution < 1.29 is 4.79 Å². The van der Waals surface area contributed by atoms with Crippen LogP contribution >= 0.6 is 0 Å². The Labute approximate surface area is 118 Å². The van der Waals surface area contributed by atoms with Crippen LogP contribution in [0.25, 0.3) is 10.9 Å². The van der Waals surface area contributed by atoms with E-state index in [1.807, 2.05) is 24.4 Å². The Balaban J connectivity index is 1.50. The molecule has 3 rings (SSSR count). The van der Waals surface area contributed by atoms with Gasteiger partial charge in [-0.15, -0.1) is 0 Å². The SMILES string of the molecule is O=C(Cc1c[nH]c2ccccc12)NCC[C@@H]1CCCN1. The first kappa shape index (κ1) is 13.2. The summed E-state index contributed by atoms with van der Waals surface area (Å²) < 4.78 is 0. The molecule has 0 saturated carbocycles. The summed E-state index contributed by atoms with van der Waals surface area (Å²) in [5.74, 6) is 0.104. The lowest BCUT2D eigenvalue weighted by atomic mass is 10.1. The van der Waals surface area contributed by atoms with Crippen molar-refractivity contribution in [2.24, 2.45) is 0 Å². The predicted octanol–water partition coefficient (Wildman–Crippen LogP) is 1.97. The highest BCUT2D eigenvalue weighted by atomic mass is 16.1. The number of amides is 1. The van der Waals surface area contributed by atoms with Crippen LogP contribution in [0.3, 0.4) is 0 Å². The Morgan fingerprint density at radius 2 is 2.25 bits per heavy atom. The largest absolute Gasteiger partial charge is 0.361 e. The van der Waals surface area contributed by atoms with E-state index in [-0.39, 0.29) is 5.91 Å². The van der Waals surface area contributed by atoms with Crippen LogP contribution in [-0.4, -0.2) is 30.0 Å². The summed E-state index contributed by atoms with van der Waals surface area (Å²) in [4.78, 5) is 15.2. The molecule has 0 radical (unpaired) electrons. The smallest absolute Gasteiger partial charge is 0.224 e. The number of rotatable bonds is 5. The van der Waals surface area contributed by atoms with Crippen LogP contribution in [0.1, 0.15) is 24.8 Å². The molecule has 4 heteroatoms. The van der Waals surface area contributed by atoms with Crippen molar-refractivity contribution in [3.05, 3.63) is 36.0 Å². The number of carbonyl (C=O) groups is 1. The van der Waals surface area contributed by atoms with Crippen LogP contribution in [-0.2, 0) is 11.2 Å². The maximum absolute atomic E-state index is 12.0. The van der Waals surface area contributed by atoms with Gasteiger partial charge < -0.3 is 15.6 Å². The molecule has 106 valence electrons. The normalized spacial score (nSPS) is 18.5. The number of hydrogen-bond acceptors (Lipinski definition) is 2. The van der Waals surface area contributed by atoms with Crippen LogP contribution in [0.2, 0.25) is 0 Å². The minimum absolute atomic E-state index is 0.104. The number of para-hydroxylation sites is 1. The third-order valence-corrected chi connectivity index (χ3v) is 4.00. The first-order valence-electron chi connectivity index (χ1n) is 7.38. The van der Waals surface area contributed by atoms with E-state index in [0.29, 0.717) is 12.5 Å². The maximum Gasteiger partial charge on any atom is 0.224 e. The standard InChI is InChI=1S/C16H21N3O/c20-16(18-9-7-13-4-3-8-17-13)10-12-11-19-15-6-2-1-5-14(12)15/h1-2,5-6,11,13,17,19H,3-4,7-10H2,(H,18,20)/t13-/m0/s1. The molecule has 3 N–H and O–H groups in total. The molecular weight excluding hydrogens is 250 g/mol. The topological polar surface area (TPSA) is 56.9 Å². The van der Waals surface area contributed by atoms with Gasteiger partial charge in [0, 0.05) is 29.7 Å². The Kier molecular flexibility index (Phi) is 4.02. The Morgan fingerprint density at radius 3 is 3.10 bits per heavy atom. The van der Waals surface area contributed by atoms with Gasteiger partial charge in [-0.25, -0.2) is 0 Å². The van der Waals surface area contributed by atoms with Crippen molar-refractivity contribution in [2.75, 3.05) is 13.1 Å². The van der Waals surface area contributed by atoms with Crippen LogP contribution in [0.4, 0.5) is 0 Å². The molecule has 20 heavy (non-hydrogen) atoms. The van der Waals surface area contributed by atoms with Crippen molar-refractivity contribution >= 4 is 16.8 Å². The molecule has 1 saturated heterocycles. The van der Waals surface area contributed by atoms with Gasteiger partial charge in [0.2, 0.25) is 5.91 Å². The quantitative estimate of drug-likeness (QED) is 0.778. The fraction of sp³-hybridized carbons (Fsp3) is 0.438. The van der Waals surface area contributed by atoms with Crippen molar-refractivity contribution in [1.29, 1.82) is 0 Å². The van der Waals surface area contributed by atoms with Gasteiger partial charge in [0.1, 0.15) is 0 Å². The predicted molar refractivity (Wildman–Crippen MR) is 80.7 cm³/mol. The van der Waals surface area contributed by atoms with Crippen LogP contribution in [0.15, 0.2) is 30.5 Å². The fourth-order valence-corrected chi connectivity index (χ4v) is 2.90. The zero-order valence-corrected chi connectivity index (χ0v) is 11.6. The molecule has 1 aromatic carbocycles. The van der Waals surface area contributed by atoms with Gasteiger partial charge in [0.25, 0.3) is 0 Å². The van der Waals surface area contributed by atoms with Crippen molar-refractivity contribution in [3.8, 4) is 0 Å². The average molecular weight is 271 g/mol. The highest BCUT2D eigenvalue weighted by molar-refractivity contribution is 5.88. The first-order valence-corrected chi connectivity index (χ1v) is 7.38. The minimum Gasteiger partial charge on any atom is -0.361 e. The van der Waals surface area contributed by atoms with Gasteiger partial charge >= 0.3 is 0 Å². The maximum atomic E-state index is 12.0. The number of H-pyrrole nitrogens is 1. The molecule has 0 unspecified atom stereocenters. The molecule has 0 aliphatic carbocycles. The molecule has 1 atom stereocenters. The van der Waals surface area contributed by atoms with Crippen LogP contribution in [0.5, 0.6) is 0 Å². The van der Waals surface area contributed by atoms with Gasteiger partial charge in [-0.05, 0) is 37.4 Å². The summed E-state index contributed by atoms with van der Waals surface area (Å²) in [6.07, 6.45) is 5.90. The van der Waals surface area contributed by atoms with Gasteiger partial charge in [-0.1, -0.05) is 18.2 Å². The van der Waals surface area contributed by atoms with Crippen molar-refractivity contribution in [3.63, 3.8) is 0 Å². The third kappa shape index (κ3) is 3.02. The van der Waals surface area contributed by atoms with E-state index in [1.165, 1.54) is 12.8 Å². The van der Waals surface area contributed by atoms with Crippen molar-refractivity contribution in [2.45, 2.75) is 31.7 Å². The molecule has 4 nitrogen and oxygen atoms in total. The van der Waals surface area contributed by atoms with E-state index in [1.54, 1.807) is 0 Å². The molecule has 1 aliphatic heterocycles. The monoisotopic (exact) mass is 271 g/mol. The average Bonchev–Trinajstić information content (AvgIpc) is 3.09. The summed E-state index contributed by atoms with van der Waals surface area (Å²) >= 11 is 0. The van der Waals surface area contributed by atoms with E-state index >= 15 is 0 Å². The zero-order valence-electron chi connectivity index (χ0n) is 11.6. The number of hydrogen-bond donors (Lipinski definition) is 3. The van der Waals surface area contributed by atoms with E-state index in [4.69, 9.17) is 0 Å². The second-order valence-corrected chi connectivity index (χ2v) is 5.47. The fourth-order valence-electron chi connectivity index (χ4n) is 2.90. The molecule has 1 aliphatic rings. The molecule has 1 aromatic heterocycles. The second kappa shape index (κ2) is 6.09. The number of carbonyl (C=O) groups excluding carboxylic acids is 1. The number of fused-ring (bicyclic) bond motifs is 1. The molecule has 2 aromatic rings. The van der Waals surface area contributed by atoms with Crippen molar-refractivity contribution in [1.82, 2.24) is 15.6 Å². The van der Waals surface area contributed by atoms with Gasteiger partial charge in [0.15, 0.2) is 0 Å². The minimum atomic E-state index is 0.104. The van der Waals surface area contributed by atoms with Crippen LogP contribution in [0, 0.1) is 0 Å². The highest BCUT2D eigenvalue weighted by Crippen LogP contribution is 2.17. The lowest BCUT2D eigenvalue weighted by Crippen LogP contribution is -2.31. The molecule has 0 bridgehead atoms. The zero-order chi connectivity index (χ0) is 13.8. The third-order valence-electron chi connectivity index (χ3n) is 4.00. The number of benzene rings is 1. The highest BCUT2D eigenvalue weighted by Gasteiger charge is 2.14. The number of aromatic nitrogens is 1. The summed E-state index contributed by atoms with van der Waals surface area (Å²) in [5, 5.41) is 7.60.